The van der Waals surface area contributed by atoms with Gasteiger partial charge in [-0.15, -0.1) is 0 Å². The van der Waals surface area contributed by atoms with E-state index in [0.29, 0.717) is 48.1 Å². The third-order valence-electron chi connectivity index (χ3n) is 5.89. The van der Waals surface area contributed by atoms with Crippen LogP contribution in [0.2, 0.25) is 0 Å². The molecule has 0 aliphatic carbocycles. The van der Waals surface area contributed by atoms with E-state index in [2.05, 4.69) is 19.1 Å². The highest BCUT2D eigenvalue weighted by Crippen LogP contribution is 2.33. The molecule has 4 rings (SSSR count). The molecule has 1 atom stereocenters. The molecule has 6 nitrogen and oxygen atoms in total. The number of nitrogens with zero attached hydrogens (tertiary/aromatic N) is 1. The van der Waals surface area contributed by atoms with Crippen LogP contribution < -0.4 is 18.9 Å². The molecule has 0 radical (unpaired) electrons. The first-order chi connectivity index (χ1) is 16.1. The molecule has 0 bridgehead atoms. The van der Waals surface area contributed by atoms with E-state index in [-0.39, 0.29) is 18.6 Å². The van der Waals surface area contributed by atoms with Crippen LogP contribution in [0.4, 0.5) is 0 Å². The number of hydrogen-bond donors (Lipinski definition) is 0. The molecule has 0 saturated heterocycles. The number of amides is 1. The quantitative estimate of drug-likeness (QED) is 0.466. The second-order valence-electron chi connectivity index (χ2n) is 8.07. The lowest BCUT2D eigenvalue weighted by molar-refractivity contribution is 0.0748. The Bertz CT molecular complexity index is 1100. The molecule has 1 amide bonds. The topological polar surface area (TPSA) is 57.2 Å². The Labute approximate surface area is 194 Å². The maximum Gasteiger partial charge on any atom is 0.254 e. The normalized spacial score (nSPS) is 12.8. The summed E-state index contributed by atoms with van der Waals surface area (Å²) in [5.41, 5.74) is 2.86. The number of carbonyl (C=O) groups excluding carboxylic acids is 1. The summed E-state index contributed by atoms with van der Waals surface area (Å²) in [4.78, 5) is 15.4. The van der Waals surface area contributed by atoms with Gasteiger partial charge in [0, 0.05) is 18.7 Å². The smallest absolute Gasteiger partial charge is 0.254 e. The summed E-state index contributed by atoms with van der Waals surface area (Å²) in [6.45, 7) is 3.50. The predicted molar refractivity (Wildman–Crippen MR) is 127 cm³/mol. The Balaban J connectivity index is 1.55. The largest absolute Gasteiger partial charge is 0.493 e. The molecule has 1 aliphatic heterocycles. The fourth-order valence-corrected chi connectivity index (χ4v) is 4.01. The first-order valence-electron chi connectivity index (χ1n) is 11.0. The van der Waals surface area contributed by atoms with Crippen LogP contribution >= 0.6 is 0 Å². The van der Waals surface area contributed by atoms with Crippen molar-refractivity contribution >= 4 is 5.91 Å². The van der Waals surface area contributed by atoms with E-state index < -0.39 is 0 Å². The van der Waals surface area contributed by atoms with E-state index >= 15 is 0 Å². The van der Waals surface area contributed by atoms with Gasteiger partial charge in [-0.2, -0.15) is 0 Å². The molecule has 0 N–H and O–H groups in total. The van der Waals surface area contributed by atoms with Gasteiger partial charge in [0.15, 0.2) is 23.0 Å². The number of benzene rings is 3. The molecule has 3 aromatic rings. The molecule has 0 unspecified atom stereocenters. The number of carbonyl (C=O) groups is 1. The van der Waals surface area contributed by atoms with Gasteiger partial charge in [-0.1, -0.05) is 43.3 Å². The van der Waals surface area contributed by atoms with Gasteiger partial charge >= 0.3 is 0 Å². The average Bonchev–Trinajstić information content (AvgIpc) is 3.34. The van der Waals surface area contributed by atoms with E-state index in [0.717, 1.165) is 5.56 Å². The minimum absolute atomic E-state index is 0.0310. The van der Waals surface area contributed by atoms with Crippen molar-refractivity contribution in [1.82, 2.24) is 4.90 Å². The van der Waals surface area contributed by atoms with Gasteiger partial charge in [0.25, 0.3) is 5.91 Å². The summed E-state index contributed by atoms with van der Waals surface area (Å²) < 4.78 is 21.6. The third kappa shape index (κ3) is 5.22. The van der Waals surface area contributed by atoms with Crippen LogP contribution in [-0.4, -0.2) is 44.9 Å². The van der Waals surface area contributed by atoms with Gasteiger partial charge < -0.3 is 23.8 Å². The fourth-order valence-electron chi connectivity index (χ4n) is 4.01. The molecule has 0 aromatic heterocycles. The van der Waals surface area contributed by atoms with Gasteiger partial charge in [0.05, 0.1) is 14.2 Å². The van der Waals surface area contributed by atoms with Crippen LogP contribution in [0.25, 0.3) is 0 Å². The predicted octanol–water partition coefficient (Wildman–Crippen LogP) is 4.92. The highest BCUT2D eigenvalue weighted by Gasteiger charge is 2.22. The standard InChI is InChI=1S/C27H29NO5/c1-19(21-7-5-4-6-8-21)17-28(14-13-20-9-11-23(30-2)25(15-20)31-3)27(29)22-10-12-24-26(16-22)33-18-32-24/h4-12,15-16,19H,13-14,17-18H2,1-3H3/t19-/m0/s1. The lowest BCUT2D eigenvalue weighted by atomic mass is 10.00. The Hall–Kier alpha value is -3.67. The zero-order valence-corrected chi connectivity index (χ0v) is 19.2. The maximum absolute atomic E-state index is 13.5. The number of fused-ring (bicyclic) bond motifs is 1. The van der Waals surface area contributed by atoms with E-state index in [1.54, 1.807) is 32.4 Å². The highest BCUT2D eigenvalue weighted by molar-refractivity contribution is 5.95. The van der Waals surface area contributed by atoms with Crippen LogP contribution in [0.5, 0.6) is 23.0 Å². The molecular weight excluding hydrogens is 418 g/mol. The minimum Gasteiger partial charge on any atom is -0.493 e. The molecule has 3 aromatic carbocycles. The molecule has 6 heteroatoms. The summed E-state index contributed by atoms with van der Waals surface area (Å²) in [5, 5.41) is 0. The zero-order chi connectivity index (χ0) is 23.2. The number of hydrogen-bond acceptors (Lipinski definition) is 5. The lowest BCUT2D eigenvalue weighted by Crippen LogP contribution is -2.36. The van der Waals surface area contributed by atoms with Crippen molar-refractivity contribution in [3.05, 3.63) is 83.4 Å². The van der Waals surface area contributed by atoms with E-state index in [1.165, 1.54) is 5.56 Å². The molecule has 33 heavy (non-hydrogen) atoms. The lowest BCUT2D eigenvalue weighted by Gasteiger charge is -2.27. The molecule has 172 valence electrons. The Morgan fingerprint density at radius 3 is 2.45 bits per heavy atom. The van der Waals surface area contributed by atoms with Crippen molar-refractivity contribution in [2.75, 3.05) is 34.1 Å². The van der Waals surface area contributed by atoms with Crippen LogP contribution in [0, 0.1) is 0 Å². The number of methoxy groups -OCH3 is 2. The maximum atomic E-state index is 13.5. The van der Waals surface area contributed by atoms with Gasteiger partial charge in [0.2, 0.25) is 6.79 Å². The van der Waals surface area contributed by atoms with Gasteiger partial charge in [-0.05, 0) is 53.8 Å². The zero-order valence-electron chi connectivity index (χ0n) is 19.2. The van der Waals surface area contributed by atoms with Gasteiger partial charge in [-0.25, -0.2) is 0 Å². The first-order valence-corrected chi connectivity index (χ1v) is 11.0. The van der Waals surface area contributed by atoms with Crippen molar-refractivity contribution in [2.45, 2.75) is 19.3 Å². The number of rotatable bonds is 9. The van der Waals surface area contributed by atoms with E-state index in [9.17, 15) is 4.79 Å². The van der Waals surface area contributed by atoms with Crippen molar-refractivity contribution < 1.29 is 23.7 Å². The second kappa shape index (κ2) is 10.3. The van der Waals surface area contributed by atoms with Crippen molar-refractivity contribution in [1.29, 1.82) is 0 Å². The Kier molecular flexibility index (Phi) is 7.03. The van der Waals surface area contributed by atoms with Crippen LogP contribution in [0.3, 0.4) is 0 Å². The minimum atomic E-state index is -0.0310. The Morgan fingerprint density at radius 2 is 1.70 bits per heavy atom. The molecule has 0 spiro atoms. The van der Waals surface area contributed by atoms with Crippen molar-refractivity contribution in [3.63, 3.8) is 0 Å². The highest BCUT2D eigenvalue weighted by atomic mass is 16.7. The summed E-state index contributed by atoms with van der Waals surface area (Å²) in [6, 6.07) is 21.5. The van der Waals surface area contributed by atoms with Crippen molar-refractivity contribution in [3.8, 4) is 23.0 Å². The van der Waals surface area contributed by atoms with Crippen molar-refractivity contribution in [2.24, 2.45) is 0 Å². The van der Waals surface area contributed by atoms with E-state index in [1.807, 2.05) is 41.3 Å². The average molecular weight is 448 g/mol. The van der Waals surface area contributed by atoms with Crippen LogP contribution in [0.15, 0.2) is 66.7 Å². The second-order valence-corrected chi connectivity index (χ2v) is 8.07. The summed E-state index contributed by atoms with van der Waals surface area (Å²) in [5.74, 6) is 2.80. The van der Waals surface area contributed by atoms with Gasteiger partial charge in [0.1, 0.15) is 0 Å². The summed E-state index contributed by atoms with van der Waals surface area (Å²) in [7, 11) is 3.24. The molecule has 0 fully saturated rings. The molecule has 1 aliphatic rings. The van der Waals surface area contributed by atoms with Crippen LogP contribution in [-0.2, 0) is 6.42 Å². The third-order valence-corrected chi connectivity index (χ3v) is 5.89. The fraction of sp³-hybridized carbons (Fsp3) is 0.296. The first kappa shape index (κ1) is 22.5. The SMILES string of the molecule is COc1ccc(CCN(C[C@H](C)c2ccccc2)C(=O)c2ccc3c(c2)OCO3)cc1OC. The van der Waals surface area contributed by atoms with Gasteiger partial charge in [-0.3, -0.25) is 4.79 Å². The molecule has 0 saturated carbocycles. The molecule has 1 heterocycles. The summed E-state index contributed by atoms with van der Waals surface area (Å²) >= 11 is 0. The monoisotopic (exact) mass is 447 g/mol. The molecular formula is C27H29NO5. The summed E-state index contributed by atoms with van der Waals surface area (Å²) in [6.07, 6.45) is 0.693. The van der Waals surface area contributed by atoms with Crippen LogP contribution in [0.1, 0.15) is 34.3 Å². The van der Waals surface area contributed by atoms with E-state index in [4.69, 9.17) is 18.9 Å². The Morgan fingerprint density at radius 1 is 0.939 bits per heavy atom. The number of ether oxygens (including phenoxy) is 4.